The molecule has 0 fully saturated rings. The van der Waals surface area contributed by atoms with Crippen molar-refractivity contribution in [2.24, 2.45) is 5.92 Å². The molecule has 31 heavy (non-hydrogen) atoms. The highest BCUT2D eigenvalue weighted by Gasteiger charge is 2.15. The quantitative estimate of drug-likeness (QED) is 0.467. The lowest BCUT2D eigenvalue weighted by molar-refractivity contribution is -0.125. The molecule has 2 amide bonds. The van der Waals surface area contributed by atoms with E-state index in [-0.39, 0.29) is 11.1 Å². The van der Waals surface area contributed by atoms with Gasteiger partial charge in [0.2, 0.25) is 0 Å². The molecule has 2 aromatic carbocycles. The number of hydrogen-bond acceptors (Lipinski definition) is 6. The monoisotopic (exact) mass is 432 g/mol. The zero-order valence-electron chi connectivity index (χ0n) is 17.6. The van der Waals surface area contributed by atoms with Crippen LogP contribution < -0.4 is 20.3 Å². The first-order chi connectivity index (χ1) is 14.8. The first-order valence-electron chi connectivity index (χ1n) is 9.63. The molecule has 0 heterocycles. The Hall–Kier alpha value is -3.62. The fourth-order valence-corrected chi connectivity index (χ4v) is 2.41. The standard InChI is InChI=1S/C22H25FN2O6/c1-14(2)10-11-30-18-9-8-15(12-19(18)29-3)22(28)31-13-20(26)24-25-21(27)16-6-4-5-7-17(16)23/h4-9,12,14H,10-11,13H2,1-3H3,(H,24,26)(H,25,27). The third-order valence-corrected chi connectivity index (χ3v) is 4.12. The maximum absolute atomic E-state index is 13.5. The molecule has 9 heteroatoms. The summed E-state index contributed by atoms with van der Waals surface area (Å²) < 4.78 is 29.4. The lowest BCUT2D eigenvalue weighted by Crippen LogP contribution is -2.43. The topological polar surface area (TPSA) is 103 Å². The van der Waals surface area contributed by atoms with Crippen molar-refractivity contribution in [3.8, 4) is 11.5 Å². The predicted octanol–water partition coefficient (Wildman–Crippen LogP) is 2.88. The first-order valence-corrected chi connectivity index (χ1v) is 9.63. The maximum Gasteiger partial charge on any atom is 0.338 e. The molecular formula is C22H25FN2O6. The van der Waals surface area contributed by atoms with Gasteiger partial charge in [0.25, 0.3) is 11.8 Å². The molecule has 0 saturated carbocycles. The number of halogens is 1. The van der Waals surface area contributed by atoms with Gasteiger partial charge in [0.1, 0.15) is 5.82 Å². The molecule has 2 aromatic rings. The second-order valence-corrected chi connectivity index (χ2v) is 6.95. The smallest absolute Gasteiger partial charge is 0.338 e. The summed E-state index contributed by atoms with van der Waals surface area (Å²) in [7, 11) is 1.45. The van der Waals surface area contributed by atoms with Gasteiger partial charge in [-0.3, -0.25) is 20.4 Å². The van der Waals surface area contributed by atoms with Crippen LogP contribution in [-0.2, 0) is 9.53 Å². The second-order valence-electron chi connectivity index (χ2n) is 6.95. The SMILES string of the molecule is COc1cc(C(=O)OCC(=O)NNC(=O)c2ccccc2F)ccc1OCCC(C)C. The predicted molar refractivity (Wildman–Crippen MR) is 110 cm³/mol. The highest BCUT2D eigenvalue weighted by atomic mass is 19.1. The molecule has 0 aliphatic carbocycles. The Labute approximate surface area is 179 Å². The van der Waals surface area contributed by atoms with Crippen molar-refractivity contribution in [3.63, 3.8) is 0 Å². The van der Waals surface area contributed by atoms with Gasteiger partial charge in [-0.15, -0.1) is 0 Å². The Morgan fingerprint density at radius 3 is 2.45 bits per heavy atom. The molecule has 0 aromatic heterocycles. The molecule has 0 aliphatic heterocycles. The van der Waals surface area contributed by atoms with E-state index in [2.05, 4.69) is 19.3 Å². The van der Waals surface area contributed by atoms with Gasteiger partial charge >= 0.3 is 5.97 Å². The van der Waals surface area contributed by atoms with Crippen LogP contribution in [0.3, 0.4) is 0 Å². The van der Waals surface area contributed by atoms with E-state index in [1.54, 1.807) is 6.07 Å². The van der Waals surface area contributed by atoms with Crippen LogP contribution in [0, 0.1) is 11.7 Å². The van der Waals surface area contributed by atoms with Crippen molar-refractivity contribution < 1.29 is 33.0 Å². The number of esters is 1. The Bertz CT molecular complexity index is 932. The number of benzene rings is 2. The summed E-state index contributed by atoms with van der Waals surface area (Å²) in [6.07, 6.45) is 0.871. The van der Waals surface area contributed by atoms with E-state index < -0.39 is 30.2 Å². The first kappa shape index (κ1) is 23.7. The molecule has 2 N–H and O–H groups in total. The van der Waals surface area contributed by atoms with Gasteiger partial charge < -0.3 is 14.2 Å². The number of ether oxygens (including phenoxy) is 3. The molecule has 8 nitrogen and oxygen atoms in total. The number of methoxy groups -OCH3 is 1. The van der Waals surface area contributed by atoms with Crippen molar-refractivity contribution in [1.29, 1.82) is 0 Å². The highest BCUT2D eigenvalue weighted by molar-refractivity contribution is 5.96. The van der Waals surface area contributed by atoms with Crippen LogP contribution in [0.15, 0.2) is 42.5 Å². The van der Waals surface area contributed by atoms with Crippen LogP contribution in [0.5, 0.6) is 11.5 Å². The molecule has 0 unspecified atom stereocenters. The zero-order valence-corrected chi connectivity index (χ0v) is 17.6. The summed E-state index contributed by atoms with van der Waals surface area (Å²) >= 11 is 0. The molecule has 166 valence electrons. The van der Waals surface area contributed by atoms with Crippen molar-refractivity contribution in [1.82, 2.24) is 10.9 Å². The summed E-state index contributed by atoms with van der Waals surface area (Å²) in [5.74, 6) is -1.78. The van der Waals surface area contributed by atoms with Crippen LogP contribution in [0.25, 0.3) is 0 Å². The largest absolute Gasteiger partial charge is 0.493 e. The van der Waals surface area contributed by atoms with Gasteiger partial charge in [-0.2, -0.15) is 0 Å². The summed E-state index contributed by atoms with van der Waals surface area (Å²) in [5, 5.41) is 0. The number of hydrogen-bond donors (Lipinski definition) is 2. The van der Waals surface area contributed by atoms with Crippen LogP contribution >= 0.6 is 0 Å². The number of carbonyl (C=O) groups is 3. The third kappa shape index (κ3) is 7.29. The molecule has 0 atom stereocenters. The van der Waals surface area contributed by atoms with Crippen LogP contribution in [0.1, 0.15) is 41.0 Å². The third-order valence-electron chi connectivity index (χ3n) is 4.12. The lowest BCUT2D eigenvalue weighted by Gasteiger charge is -2.13. The summed E-state index contributed by atoms with van der Waals surface area (Å²) in [4.78, 5) is 35.9. The van der Waals surface area contributed by atoms with E-state index >= 15 is 0 Å². The van der Waals surface area contributed by atoms with Gasteiger partial charge in [-0.05, 0) is 42.7 Å². The number of nitrogens with one attached hydrogen (secondary N) is 2. The van der Waals surface area contributed by atoms with E-state index in [9.17, 15) is 18.8 Å². The fraction of sp³-hybridized carbons (Fsp3) is 0.318. The van der Waals surface area contributed by atoms with E-state index in [4.69, 9.17) is 14.2 Å². The fourth-order valence-electron chi connectivity index (χ4n) is 2.41. The summed E-state index contributed by atoms with van der Waals surface area (Å²) in [5.41, 5.74) is 4.03. The van der Waals surface area contributed by atoms with Gasteiger partial charge in [0.15, 0.2) is 18.1 Å². The van der Waals surface area contributed by atoms with E-state index in [0.29, 0.717) is 24.0 Å². The minimum Gasteiger partial charge on any atom is -0.493 e. The van der Waals surface area contributed by atoms with Crippen LogP contribution in [0.4, 0.5) is 4.39 Å². The van der Waals surface area contributed by atoms with Gasteiger partial charge in [0, 0.05) is 0 Å². The Morgan fingerprint density at radius 2 is 1.77 bits per heavy atom. The maximum atomic E-state index is 13.5. The normalized spacial score (nSPS) is 10.4. The minimum atomic E-state index is -0.837. The molecule has 0 spiro atoms. The van der Waals surface area contributed by atoms with Gasteiger partial charge in [-0.25, -0.2) is 9.18 Å². The van der Waals surface area contributed by atoms with Crippen molar-refractivity contribution >= 4 is 17.8 Å². The number of hydrazine groups is 1. The van der Waals surface area contributed by atoms with E-state index in [0.717, 1.165) is 12.5 Å². The van der Waals surface area contributed by atoms with Gasteiger partial charge in [0.05, 0.1) is 24.8 Å². The van der Waals surface area contributed by atoms with Crippen molar-refractivity contribution in [3.05, 3.63) is 59.4 Å². The second kappa shape index (κ2) is 11.5. The van der Waals surface area contributed by atoms with Crippen molar-refractivity contribution in [2.75, 3.05) is 20.3 Å². The summed E-state index contributed by atoms with van der Waals surface area (Å²) in [6, 6.07) is 9.83. The molecular weight excluding hydrogens is 407 g/mol. The lowest BCUT2D eigenvalue weighted by atomic mass is 10.1. The average molecular weight is 432 g/mol. The van der Waals surface area contributed by atoms with Crippen LogP contribution in [0.2, 0.25) is 0 Å². The number of amides is 2. The van der Waals surface area contributed by atoms with E-state index in [1.165, 1.54) is 37.4 Å². The van der Waals surface area contributed by atoms with Gasteiger partial charge in [-0.1, -0.05) is 26.0 Å². The Morgan fingerprint density at radius 1 is 1.03 bits per heavy atom. The minimum absolute atomic E-state index is 0.163. The molecule has 0 radical (unpaired) electrons. The number of rotatable bonds is 9. The summed E-state index contributed by atoms with van der Waals surface area (Å²) in [6.45, 7) is 4.03. The molecule has 0 saturated heterocycles. The molecule has 0 aliphatic rings. The number of carbonyl (C=O) groups excluding carboxylic acids is 3. The van der Waals surface area contributed by atoms with Crippen molar-refractivity contribution in [2.45, 2.75) is 20.3 Å². The zero-order chi connectivity index (χ0) is 22.8. The average Bonchev–Trinajstić information content (AvgIpc) is 2.76. The Balaban J connectivity index is 1.85. The molecule has 0 bridgehead atoms. The van der Waals surface area contributed by atoms with E-state index in [1.807, 2.05) is 5.43 Å². The highest BCUT2D eigenvalue weighted by Crippen LogP contribution is 2.28. The Kier molecular flexibility index (Phi) is 8.80. The van der Waals surface area contributed by atoms with Crippen LogP contribution in [-0.4, -0.2) is 38.1 Å². The molecule has 2 rings (SSSR count).